The lowest BCUT2D eigenvalue weighted by molar-refractivity contribution is 0.450. The second kappa shape index (κ2) is 13.0. The predicted molar refractivity (Wildman–Crippen MR) is 186 cm³/mol. The van der Waals surface area contributed by atoms with E-state index in [4.69, 9.17) is 16.7 Å². The number of hydrogen-bond acceptors (Lipinski definition) is 5. The van der Waals surface area contributed by atoms with E-state index in [-0.39, 0.29) is 5.41 Å². The van der Waals surface area contributed by atoms with Gasteiger partial charge in [-0.05, 0) is 61.3 Å². The smallest absolute Gasteiger partial charge is 0.203 e. The Morgan fingerprint density at radius 3 is 2.49 bits per heavy atom. The number of fused-ring (bicyclic) bond motifs is 2. The van der Waals surface area contributed by atoms with E-state index in [1.165, 1.54) is 41.8 Å². The second-order valence-electron chi connectivity index (χ2n) is 12.5. The minimum absolute atomic E-state index is 0.153. The molecule has 0 aliphatic carbocycles. The summed E-state index contributed by atoms with van der Waals surface area (Å²) in [7, 11) is 0. The second-order valence-corrected chi connectivity index (χ2v) is 13.0. The van der Waals surface area contributed by atoms with E-state index in [1.54, 1.807) is 10.7 Å². The number of hydrogen-bond donors (Lipinski definition) is 0. The predicted octanol–water partition coefficient (Wildman–Crippen LogP) is 8.68. The summed E-state index contributed by atoms with van der Waals surface area (Å²) in [6, 6.07) is 22.9. The normalized spacial score (nSPS) is 16.6. The number of aryl methyl sites for hydroxylation is 1. The Labute approximate surface area is 271 Å². The van der Waals surface area contributed by atoms with Crippen molar-refractivity contribution in [2.45, 2.75) is 65.7 Å². The molecule has 1 aliphatic heterocycles. The third-order valence-electron chi connectivity index (χ3n) is 9.02. The van der Waals surface area contributed by atoms with Gasteiger partial charge in [0, 0.05) is 40.1 Å². The zero-order valence-electron chi connectivity index (χ0n) is 26.8. The molecule has 7 heteroatoms. The highest BCUT2D eigenvalue weighted by Crippen LogP contribution is 2.48. The molecule has 0 saturated carbocycles. The molecule has 1 aliphatic rings. The number of pyridine rings is 1. The first-order valence-electron chi connectivity index (χ1n) is 16.0. The monoisotopic (exact) mass is 616 g/mol. The van der Waals surface area contributed by atoms with Crippen LogP contribution in [0.4, 0.5) is 5.69 Å². The Morgan fingerprint density at radius 2 is 1.76 bits per heavy atom. The van der Waals surface area contributed by atoms with Crippen LogP contribution in [0.1, 0.15) is 64.5 Å². The number of rotatable bonds is 10. The van der Waals surface area contributed by atoms with Gasteiger partial charge >= 0.3 is 0 Å². The third-order valence-corrected chi connectivity index (χ3v) is 9.26. The summed E-state index contributed by atoms with van der Waals surface area (Å²) in [4.78, 5) is 7.01. The highest BCUT2D eigenvalue weighted by molar-refractivity contribution is 6.34. The maximum absolute atomic E-state index is 7.06. The molecule has 5 aromatic rings. The molecule has 0 amide bonds. The molecule has 2 aromatic carbocycles. The maximum atomic E-state index is 7.06. The molecule has 45 heavy (non-hydrogen) atoms. The standard InChI is InChI=1S/C38H41ClN6/c1-6-8-13-27(7-2)25-44-33-16-10-9-14-31(33)38(4,5)34(44)22-21-29(39)24-30-35(28-19-17-26(3)18-20-28)43-45-36(30)41-42-37(45)32-15-11-12-23-40-32/h9-12,14-24,27H,6-8,13,25H2,1-5H3/b29-21-,30-24-,34-22+. The summed E-state index contributed by atoms with van der Waals surface area (Å²) in [6.45, 7) is 12.3. The van der Waals surface area contributed by atoms with Crippen LogP contribution in [0.2, 0.25) is 0 Å². The van der Waals surface area contributed by atoms with Crippen molar-refractivity contribution in [1.82, 2.24) is 24.8 Å². The maximum Gasteiger partial charge on any atom is 0.203 e. The van der Waals surface area contributed by atoms with Gasteiger partial charge in [0.15, 0.2) is 5.65 Å². The summed E-state index contributed by atoms with van der Waals surface area (Å²) in [6.07, 6.45) is 12.8. The lowest BCUT2D eigenvalue weighted by Crippen LogP contribution is -2.30. The van der Waals surface area contributed by atoms with E-state index >= 15 is 0 Å². The first kappa shape index (κ1) is 30.7. The number of halogens is 1. The van der Waals surface area contributed by atoms with Crippen LogP contribution in [-0.2, 0) is 5.41 Å². The number of benzene rings is 2. The van der Waals surface area contributed by atoms with Crippen LogP contribution in [0.15, 0.2) is 95.8 Å². The quantitative estimate of drug-likeness (QED) is 0.157. The van der Waals surface area contributed by atoms with Gasteiger partial charge in [0.1, 0.15) is 11.4 Å². The first-order valence-corrected chi connectivity index (χ1v) is 16.4. The van der Waals surface area contributed by atoms with Crippen molar-refractivity contribution in [3.8, 4) is 22.8 Å². The molecule has 6 rings (SSSR count). The van der Waals surface area contributed by atoms with E-state index in [1.807, 2.05) is 30.4 Å². The van der Waals surface area contributed by atoms with Crippen molar-refractivity contribution >= 4 is 29.0 Å². The van der Waals surface area contributed by atoms with Crippen LogP contribution in [-0.4, -0.2) is 31.3 Å². The molecule has 6 nitrogen and oxygen atoms in total. The Kier molecular flexibility index (Phi) is 8.86. The molecular formula is C38H41ClN6. The summed E-state index contributed by atoms with van der Waals surface area (Å²) < 4.78 is 1.77. The van der Waals surface area contributed by atoms with Crippen LogP contribution in [0.3, 0.4) is 0 Å². The van der Waals surface area contributed by atoms with Crippen LogP contribution in [0, 0.1) is 12.8 Å². The average molecular weight is 617 g/mol. The van der Waals surface area contributed by atoms with Crippen molar-refractivity contribution in [2.75, 3.05) is 11.4 Å². The van der Waals surface area contributed by atoms with E-state index in [0.717, 1.165) is 29.4 Å². The molecule has 1 atom stereocenters. The van der Waals surface area contributed by atoms with E-state index in [2.05, 4.69) is 109 Å². The fourth-order valence-corrected chi connectivity index (χ4v) is 6.54. The zero-order valence-corrected chi connectivity index (χ0v) is 27.6. The number of nitrogens with zero attached hydrogens (tertiary/aromatic N) is 6. The summed E-state index contributed by atoms with van der Waals surface area (Å²) in [5, 5.41) is 15.4. The van der Waals surface area contributed by atoms with E-state index in [9.17, 15) is 0 Å². The lowest BCUT2D eigenvalue weighted by atomic mass is 9.83. The molecule has 3 aromatic heterocycles. The van der Waals surface area contributed by atoms with Gasteiger partial charge in [-0.2, -0.15) is 9.61 Å². The average Bonchev–Trinajstić information content (AvgIpc) is 3.68. The SMILES string of the molecule is CCCCC(CC)CN1/C(=C/C=C(Cl)/C=c2/c(-c3ccc(C)cc3)nn3c(-c4ccccn4)nnc23)C(C)(C)c2ccccc21. The molecular weight excluding hydrogens is 576 g/mol. The van der Waals surface area contributed by atoms with Crippen molar-refractivity contribution in [3.05, 3.63) is 112 Å². The van der Waals surface area contributed by atoms with Gasteiger partial charge in [-0.15, -0.1) is 10.2 Å². The number of allylic oxidation sites excluding steroid dienone is 4. The molecule has 0 N–H and O–H groups in total. The highest BCUT2D eigenvalue weighted by atomic mass is 35.5. The van der Waals surface area contributed by atoms with Gasteiger partial charge in [0.25, 0.3) is 0 Å². The van der Waals surface area contributed by atoms with Crippen molar-refractivity contribution in [1.29, 1.82) is 0 Å². The van der Waals surface area contributed by atoms with E-state index < -0.39 is 0 Å². The molecule has 0 saturated heterocycles. The number of para-hydroxylation sites is 1. The van der Waals surface area contributed by atoms with Crippen LogP contribution >= 0.6 is 11.6 Å². The molecule has 1 unspecified atom stereocenters. The van der Waals surface area contributed by atoms with Crippen molar-refractivity contribution in [2.24, 2.45) is 5.92 Å². The van der Waals surface area contributed by atoms with Crippen LogP contribution in [0.25, 0.3) is 34.5 Å². The summed E-state index contributed by atoms with van der Waals surface area (Å²) in [5.74, 6) is 1.22. The molecule has 230 valence electrons. The lowest BCUT2D eigenvalue weighted by Gasteiger charge is -2.30. The van der Waals surface area contributed by atoms with Crippen LogP contribution < -0.4 is 10.1 Å². The minimum Gasteiger partial charge on any atom is -0.344 e. The Balaban J connectivity index is 1.45. The zero-order chi connectivity index (χ0) is 31.6. The van der Waals surface area contributed by atoms with Gasteiger partial charge < -0.3 is 4.90 Å². The van der Waals surface area contributed by atoms with Gasteiger partial charge in [0.2, 0.25) is 5.82 Å². The Hall–Kier alpha value is -4.29. The minimum atomic E-state index is -0.153. The number of anilines is 1. The van der Waals surface area contributed by atoms with E-state index in [0.29, 0.717) is 28.1 Å². The van der Waals surface area contributed by atoms with Gasteiger partial charge in [-0.3, -0.25) is 4.98 Å². The molecule has 0 radical (unpaired) electrons. The Morgan fingerprint density at radius 1 is 0.978 bits per heavy atom. The van der Waals surface area contributed by atoms with Gasteiger partial charge in [-0.25, -0.2) is 0 Å². The largest absolute Gasteiger partial charge is 0.344 e. The highest BCUT2D eigenvalue weighted by Gasteiger charge is 2.40. The van der Waals surface area contributed by atoms with Gasteiger partial charge in [-0.1, -0.05) is 113 Å². The molecule has 0 fully saturated rings. The van der Waals surface area contributed by atoms with Crippen molar-refractivity contribution in [3.63, 3.8) is 0 Å². The molecule has 0 spiro atoms. The molecule has 4 heterocycles. The number of unbranched alkanes of at least 4 members (excludes halogenated alkanes) is 1. The Bertz CT molecular complexity index is 1900. The van der Waals surface area contributed by atoms with Crippen LogP contribution in [0.5, 0.6) is 0 Å². The summed E-state index contributed by atoms with van der Waals surface area (Å²) in [5.41, 5.74) is 8.08. The first-order chi connectivity index (χ1) is 21.8. The fraction of sp³-hybridized carbons (Fsp3) is 0.316. The number of aromatic nitrogens is 5. The van der Waals surface area contributed by atoms with Crippen molar-refractivity contribution < 1.29 is 0 Å². The van der Waals surface area contributed by atoms with Gasteiger partial charge in [0.05, 0.1) is 5.22 Å². The fourth-order valence-electron chi connectivity index (χ4n) is 6.37. The molecule has 0 bridgehead atoms. The summed E-state index contributed by atoms with van der Waals surface area (Å²) >= 11 is 7.06. The topological polar surface area (TPSA) is 59.2 Å². The third kappa shape index (κ3) is 6.04.